The summed E-state index contributed by atoms with van der Waals surface area (Å²) in [5, 5.41) is 0.801. The van der Waals surface area contributed by atoms with Crippen molar-refractivity contribution >= 4 is 71.3 Å². The molecule has 790 valence electrons. The van der Waals surface area contributed by atoms with Gasteiger partial charge in [-0.1, -0.05) is 291 Å². The lowest BCUT2D eigenvalue weighted by atomic mass is 9.80. The third-order valence-electron chi connectivity index (χ3n) is 25.7. The molecule has 5 saturated carbocycles. The Kier molecular flexibility index (Phi) is 76.9. The monoisotopic (exact) mass is 1980 g/mol. The second kappa shape index (κ2) is 83.5. The Morgan fingerprint density at radius 1 is 0.221 bits per heavy atom. The molecule has 0 saturated heterocycles. The average Bonchev–Trinajstić information content (AvgIpc) is 0.901. The fourth-order valence-corrected chi connectivity index (χ4v) is 17.1. The van der Waals surface area contributed by atoms with Crippen molar-refractivity contribution in [2.75, 3.05) is 66.1 Å². The molecule has 0 amide bonds. The normalized spacial score (nSPS) is 18.6. The number of unbranched alkanes of at least 4 members (excludes halogenated alkanes) is 8. The van der Waals surface area contributed by atoms with Gasteiger partial charge in [0.2, 0.25) is 0 Å². The third kappa shape index (κ3) is 72.3. The number of hydrogen-bond acceptors (Lipinski definition) is 20. The molecule has 5 aromatic rings. The average molecular weight is 1980 g/mol. The van der Waals surface area contributed by atoms with Crippen molar-refractivity contribution in [3.05, 3.63) is 177 Å². The summed E-state index contributed by atoms with van der Waals surface area (Å²) in [6.07, 6.45) is 44.9. The van der Waals surface area contributed by atoms with E-state index >= 15 is 0 Å². The van der Waals surface area contributed by atoms with Gasteiger partial charge in [0, 0.05) is 39.6 Å². The van der Waals surface area contributed by atoms with Crippen LogP contribution in [0.25, 0.3) is 0 Å². The Hall–Kier alpha value is -8.98. The lowest BCUT2D eigenvalue weighted by Crippen LogP contribution is -2.25. The van der Waals surface area contributed by atoms with Gasteiger partial charge in [-0.15, -0.1) is 0 Å². The lowest BCUT2D eigenvalue weighted by molar-refractivity contribution is -0.155. The van der Waals surface area contributed by atoms with Crippen LogP contribution in [0.15, 0.2) is 121 Å². The van der Waals surface area contributed by atoms with E-state index < -0.39 is 0 Å². The van der Waals surface area contributed by atoms with E-state index in [2.05, 4.69) is 149 Å². The highest BCUT2D eigenvalue weighted by Gasteiger charge is 2.32. The van der Waals surface area contributed by atoms with Gasteiger partial charge in [0.25, 0.3) is 0 Å². The molecule has 5 aliphatic rings. The Morgan fingerprint density at radius 2 is 0.393 bits per heavy atom. The lowest BCUT2D eigenvalue weighted by Gasteiger charge is -2.27. The van der Waals surface area contributed by atoms with Crippen molar-refractivity contribution in [3.8, 4) is 0 Å². The maximum Gasteiger partial charge on any atom is 0.309 e. The van der Waals surface area contributed by atoms with Crippen molar-refractivity contribution in [1.29, 1.82) is 0 Å². The van der Waals surface area contributed by atoms with Crippen molar-refractivity contribution in [3.63, 3.8) is 0 Å². The predicted molar refractivity (Wildman–Crippen MR) is 561 cm³/mol. The molecular weight excluding hydrogens is 1790 g/mol. The second-order valence-electron chi connectivity index (χ2n) is 38.7. The maximum absolute atomic E-state index is 12.1. The molecule has 0 unspecified atom stereocenters. The van der Waals surface area contributed by atoms with Crippen LogP contribution >= 0.6 is 11.6 Å². The van der Waals surface area contributed by atoms with E-state index in [1.54, 1.807) is 12.1 Å². The Labute approximate surface area is 849 Å². The van der Waals surface area contributed by atoms with Gasteiger partial charge in [-0.05, 0) is 263 Å². The van der Waals surface area contributed by atoms with Gasteiger partial charge >= 0.3 is 59.7 Å². The minimum atomic E-state index is -0.342. The molecule has 0 atom stereocenters. The number of hydrogen-bond donors (Lipinski definition) is 0. The van der Waals surface area contributed by atoms with E-state index in [1.807, 2.05) is 38.1 Å². The van der Waals surface area contributed by atoms with Gasteiger partial charge in [-0.25, -0.2) is 4.39 Å². The van der Waals surface area contributed by atoms with Crippen LogP contribution in [0, 0.1) is 120 Å². The molecule has 0 radical (unpaired) electrons. The van der Waals surface area contributed by atoms with Gasteiger partial charge in [0.05, 0.1) is 56.0 Å². The quantitative estimate of drug-likeness (QED) is 0.0200. The molecule has 22 heteroatoms. The van der Waals surface area contributed by atoms with E-state index in [0.717, 1.165) is 169 Å². The zero-order valence-electron chi connectivity index (χ0n) is 89.6. The Morgan fingerprint density at radius 3 is 0.586 bits per heavy atom. The molecule has 140 heavy (non-hydrogen) atoms. The number of halogens is 2. The molecule has 0 aromatic heterocycles. The minimum Gasteiger partial charge on any atom is -0.466 e. The molecule has 0 bridgehead atoms. The smallest absolute Gasteiger partial charge is 0.309 e. The maximum atomic E-state index is 12.1. The van der Waals surface area contributed by atoms with Crippen LogP contribution in [0.2, 0.25) is 5.02 Å². The highest BCUT2D eigenvalue weighted by Crippen LogP contribution is 2.37. The van der Waals surface area contributed by atoms with E-state index in [9.17, 15) is 52.3 Å². The molecule has 0 N–H and O–H groups in total. The molecule has 10 rings (SSSR count). The molecule has 5 aliphatic carbocycles. The number of carbonyl (C=O) groups is 10. The molecule has 0 spiro atoms. The SMILES string of the molecule is CCCC1CCC(C(=O)OCCOC(C)=O)CC1.CCCCC1CCC(C(=O)OCCCCOC(C)=O)CC1.CCCCC1CCC(C(=O)OCCOC(C)=O)CC1.CCCCCC1CCC(C(=O)OCCCCOC(C)=O)CC1.CCCCCC1CCC(C(=O)OCCOC(C)=O)CC1.Cc1ccc(C)cc1.Cc1ccc(C)cc1.Cc1ccc(C)cc1.Cc1ccc(Cl)cc1.Cc1ccc(F)cc1. The Bertz CT molecular complexity index is 3640. The van der Waals surface area contributed by atoms with Crippen LogP contribution in [-0.4, -0.2) is 126 Å². The molecule has 5 aromatic carbocycles. The zero-order valence-corrected chi connectivity index (χ0v) is 90.4. The van der Waals surface area contributed by atoms with E-state index in [1.165, 1.54) is 214 Å². The van der Waals surface area contributed by atoms with Crippen LogP contribution in [-0.2, 0) is 95.3 Å². The first kappa shape index (κ1) is 129. The van der Waals surface area contributed by atoms with Gasteiger partial charge < -0.3 is 47.4 Å². The predicted octanol–water partition coefficient (Wildman–Crippen LogP) is 29.1. The van der Waals surface area contributed by atoms with Gasteiger partial charge in [-0.2, -0.15) is 0 Å². The largest absolute Gasteiger partial charge is 0.466 e. The Balaban J connectivity index is 0.000000796. The highest BCUT2D eigenvalue weighted by atomic mass is 35.5. The number of ether oxygens (including phenoxy) is 10. The molecule has 0 heterocycles. The third-order valence-corrected chi connectivity index (χ3v) is 26.0. The van der Waals surface area contributed by atoms with Crippen LogP contribution < -0.4 is 0 Å². The van der Waals surface area contributed by atoms with Crippen LogP contribution in [0.1, 0.15) is 371 Å². The fourth-order valence-electron chi connectivity index (χ4n) is 16.9. The molecule has 5 fully saturated rings. The second-order valence-corrected chi connectivity index (χ2v) is 39.1. The first-order valence-corrected chi connectivity index (χ1v) is 53.5. The molecule has 0 aliphatic heterocycles. The molecular formula is C118H184ClFO20. The zero-order chi connectivity index (χ0) is 104. The van der Waals surface area contributed by atoms with Crippen LogP contribution in [0.3, 0.4) is 0 Å². The number of benzene rings is 5. The van der Waals surface area contributed by atoms with Gasteiger partial charge in [0.1, 0.15) is 45.5 Å². The summed E-state index contributed by atoms with van der Waals surface area (Å²) in [7, 11) is 0. The highest BCUT2D eigenvalue weighted by molar-refractivity contribution is 6.30. The van der Waals surface area contributed by atoms with Crippen LogP contribution in [0.4, 0.5) is 4.39 Å². The summed E-state index contributed by atoms with van der Waals surface area (Å²) in [5.41, 5.74) is 10.3. The van der Waals surface area contributed by atoms with Gasteiger partial charge in [-0.3, -0.25) is 47.9 Å². The number of esters is 10. The number of carbonyl (C=O) groups excluding carboxylic acids is 10. The number of aryl methyl sites for hydroxylation is 8. The van der Waals surface area contributed by atoms with Crippen molar-refractivity contribution in [1.82, 2.24) is 0 Å². The molecule has 20 nitrogen and oxygen atoms in total. The fraction of sp³-hybridized carbons (Fsp3) is 0.661. The summed E-state index contributed by atoms with van der Waals surface area (Å²) < 4.78 is 62.0. The van der Waals surface area contributed by atoms with Crippen molar-refractivity contribution < 1.29 is 99.7 Å². The van der Waals surface area contributed by atoms with E-state index in [-0.39, 0.29) is 135 Å². The summed E-state index contributed by atoms with van der Waals surface area (Å²) in [4.78, 5) is 112. The first-order chi connectivity index (χ1) is 67.1. The number of rotatable bonds is 40. The summed E-state index contributed by atoms with van der Waals surface area (Å²) >= 11 is 5.61. The topological polar surface area (TPSA) is 263 Å². The van der Waals surface area contributed by atoms with Crippen molar-refractivity contribution in [2.45, 2.75) is 381 Å². The standard InChI is InChI=1S/C18H32O4.C17H30O4.C16H28O4.C15H26O4.C14H24O4.3C8H10.C7H7Cl.C7H7F/c1-3-4-5-8-16-9-11-17(12-10-16)18(20)22-14-7-6-13-21-15(2)19;1-3-4-7-15-8-10-16(11-9-15)17(19)21-13-6-5-12-20-14(2)18;1-3-4-5-6-14-7-9-15(10-8-14)16(18)20-12-11-19-13(2)17;1-3-4-5-13-6-8-14(9-7-13)15(17)19-11-10-18-12(2)16;1-3-4-12-5-7-13(8-6-12)14(16)18-10-9-17-11(2)15;3*1-7-3-5-8(2)6-4-7;2*1-6-2-4-7(8)5-3-6/h16-17H,3-14H2,1-2H3;15-16H,3-13H2,1-2H3;14-15H,3-12H2,1-2H3;13-14H,3-11H2,1-2H3;12-13H,3-10H2,1-2H3;3*3-6H,1-2H3;2*2-5H,1H3. The van der Waals surface area contributed by atoms with E-state index in [0.29, 0.717) is 26.4 Å². The summed E-state index contributed by atoms with van der Waals surface area (Å²) in [6.45, 7) is 37.2. The van der Waals surface area contributed by atoms with E-state index in [4.69, 9.17) is 59.0 Å². The summed E-state index contributed by atoms with van der Waals surface area (Å²) in [5.74, 6) is 2.25. The van der Waals surface area contributed by atoms with Crippen LogP contribution in [0.5, 0.6) is 0 Å². The van der Waals surface area contributed by atoms with Crippen molar-refractivity contribution in [2.24, 2.45) is 59.2 Å². The van der Waals surface area contributed by atoms with Gasteiger partial charge in [0.15, 0.2) is 0 Å². The summed E-state index contributed by atoms with van der Waals surface area (Å²) in [6, 6.07) is 39.6. The first-order valence-electron chi connectivity index (χ1n) is 53.1. The minimum absolute atomic E-state index is 0.0282.